The van der Waals surface area contributed by atoms with Crippen LogP contribution in [0.1, 0.15) is 31.1 Å². The van der Waals surface area contributed by atoms with Gasteiger partial charge in [-0.2, -0.15) is 10.2 Å². The Bertz CT molecular complexity index is 744. The number of para-hydroxylation sites is 1. The minimum Gasteiger partial charge on any atom is -0.306 e. The van der Waals surface area contributed by atoms with E-state index in [4.69, 9.17) is 0 Å². The van der Waals surface area contributed by atoms with Crippen molar-refractivity contribution in [3.63, 3.8) is 0 Å². The zero-order chi connectivity index (χ0) is 16.2. The van der Waals surface area contributed by atoms with E-state index in [1.165, 1.54) is 5.56 Å². The predicted molar refractivity (Wildman–Crippen MR) is 91.5 cm³/mol. The summed E-state index contributed by atoms with van der Waals surface area (Å²) in [6.07, 6.45) is 5.97. The van der Waals surface area contributed by atoms with Crippen molar-refractivity contribution in [2.45, 2.75) is 39.4 Å². The van der Waals surface area contributed by atoms with E-state index in [1.807, 2.05) is 40.0 Å². The molecule has 5 heteroatoms. The van der Waals surface area contributed by atoms with Crippen molar-refractivity contribution in [2.75, 3.05) is 0 Å². The molecule has 0 radical (unpaired) electrons. The Morgan fingerprint density at radius 3 is 2.61 bits per heavy atom. The zero-order valence-corrected chi connectivity index (χ0v) is 13.8. The second kappa shape index (κ2) is 6.79. The fraction of sp³-hybridized carbons (Fsp3) is 0.333. The first-order valence-electron chi connectivity index (χ1n) is 7.97. The summed E-state index contributed by atoms with van der Waals surface area (Å²) in [5, 5.41) is 12.5. The molecule has 1 aromatic carbocycles. The van der Waals surface area contributed by atoms with Crippen molar-refractivity contribution in [1.82, 2.24) is 24.9 Å². The number of hydrogen-bond acceptors (Lipinski definition) is 3. The van der Waals surface area contributed by atoms with E-state index in [-0.39, 0.29) is 0 Å². The lowest BCUT2D eigenvalue weighted by molar-refractivity contribution is 0.363. The Kier molecular flexibility index (Phi) is 4.57. The third-order valence-corrected chi connectivity index (χ3v) is 4.14. The van der Waals surface area contributed by atoms with Gasteiger partial charge in [0.05, 0.1) is 23.6 Å². The molecule has 0 aliphatic carbocycles. The second-order valence-electron chi connectivity index (χ2n) is 6.00. The van der Waals surface area contributed by atoms with Crippen molar-refractivity contribution in [3.8, 4) is 5.69 Å². The Morgan fingerprint density at radius 1 is 1.13 bits per heavy atom. The minimum absolute atomic E-state index is 0.292. The van der Waals surface area contributed by atoms with Crippen LogP contribution in [0.3, 0.4) is 0 Å². The average Bonchev–Trinajstić information content (AvgIpc) is 3.22. The molecule has 23 heavy (non-hydrogen) atoms. The molecule has 0 saturated carbocycles. The first-order chi connectivity index (χ1) is 11.1. The van der Waals surface area contributed by atoms with Crippen LogP contribution in [0.4, 0.5) is 0 Å². The normalized spacial score (nSPS) is 13.9. The van der Waals surface area contributed by atoms with Crippen molar-refractivity contribution >= 4 is 0 Å². The summed E-state index contributed by atoms with van der Waals surface area (Å²) in [4.78, 5) is 0. The van der Waals surface area contributed by atoms with Gasteiger partial charge in [0.1, 0.15) is 0 Å². The van der Waals surface area contributed by atoms with Crippen LogP contribution < -0.4 is 5.32 Å². The number of rotatable bonds is 6. The highest BCUT2D eigenvalue weighted by Gasteiger charge is 2.14. The second-order valence-corrected chi connectivity index (χ2v) is 6.00. The number of nitrogens with zero attached hydrogens (tertiary/aromatic N) is 4. The topological polar surface area (TPSA) is 47.7 Å². The fourth-order valence-corrected chi connectivity index (χ4v) is 2.50. The molecule has 0 aliphatic heterocycles. The quantitative estimate of drug-likeness (QED) is 0.761. The summed E-state index contributed by atoms with van der Waals surface area (Å²) in [6, 6.07) is 12.8. The van der Waals surface area contributed by atoms with Crippen LogP contribution in [0.5, 0.6) is 0 Å². The van der Waals surface area contributed by atoms with Gasteiger partial charge in [-0.15, -0.1) is 0 Å². The van der Waals surface area contributed by atoms with Crippen molar-refractivity contribution in [1.29, 1.82) is 0 Å². The van der Waals surface area contributed by atoms with Crippen LogP contribution in [-0.4, -0.2) is 25.6 Å². The molecule has 1 N–H and O–H groups in total. The largest absolute Gasteiger partial charge is 0.306 e. The molecular formula is C18H23N5. The van der Waals surface area contributed by atoms with E-state index in [0.717, 1.165) is 17.9 Å². The van der Waals surface area contributed by atoms with Gasteiger partial charge < -0.3 is 5.32 Å². The Morgan fingerprint density at radius 2 is 1.91 bits per heavy atom. The SMILES string of the molecule is Cc1cnn(C(C)C(C)NCc2ccn(-c3ccccc3)n2)c1. The maximum absolute atomic E-state index is 4.62. The monoisotopic (exact) mass is 309 g/mol. The lowest BCUT2D eigenvalue weighted by Gasteiger charge is -2.21. The molecule has 3 rings (SSSR count). The first kappa shape index (κ1) is 15.5. The number of nitrogens with one attached hydrogen (secondary N) is 1. The van der Waals surface area contributed by atoms with Crippen LogP contribution in [-0.2, 0) is 6.54 Å². The summed E-state index contributed by atoms with van der Waals surface area (Å²) >= 11 is 0. The summed E-state index contributed by atoms with van der Waals surface area (Å²) in [5.74, 6) is 0. The third-order valence-electron chi connectivity index (χ3n) is 4.14. The number of aryl methyl sites for hydroxylation is 1. The molecule has 0 saturated heterocycles. The van der Waals surface area contributed by atoms with Crippen LogP contribution in [0.25, 0.3) is 5.69 Å². The maximum atomic E-state index is 4.62. The van der Waals surface area contributed by atoms with Gasteiger partial charge in [0, 0.05) is 25.0 Å². The van der Waals surface area contributed by atoms with Gasteiger partial charge in [-0.25, -0.2) is 4.68 Å². The predicted octanol–water partition coefficient (Wildman–Crippen LogP) is 3.12. The molecule has 0 amide bonds. The number of hydrogen-bond donors (Lipinski definition) is 1. The maximum Gasteiger partial charge on any atom is 0.0766 e. The number of aromatic nitrogens is 4. The van der Waals surface area contributed by atoms with Crippen LogP contribution in [0.2, 0.25) is 0 Å². The van der Waals surface area contributed by atoms with E-state index in [9.17, 15) is 0 Å². The molecule has 0 aliphatic rings. The van der Waals surface area contributed by atoms with Gasteiger partial charge in [-0.3, -0.25) is 4.68 Å². The first-order valence-corrected chi connectivity index (χ1v) is 7.97. The molecule has 2 unspecified atom stereocenters. The molecule has 2 aromatic heterocycles. The third kappa shape index (κ3) is 3.68. The van der Waals surface area contributed by atoms with E-state index < -0.39 is 0 Å². The van der Waals surface area contributed by atoms with Crippen LogP contribution >= 0.6 is 0 Å². The highest BCUT2D eigenvalue weighted by atomic mass is 15.3. The Balaban J connectivity index is 1.59. The van der Waals surface area contributed by atoms with E-state index in [1.54, 1.807) is 0 Å². The Hall–Kier alpha value is -2.40. The fourth-order valence-electron chi connectivity index (χ4n) is 2.50. The molecule has 3 aromatic rings. The lowest BCUT2D eigenvalue weighted by Crippen LogP contribution is -2.33. The average molecular weight is 309 g/mol. The summed E-state index contributed by atoms with van der Waals surface area (Å²) < 4.78 is 3.91. The summed E-state index contributed by atoms with van der Waals surface area (Å²) in [7, 11) is 0. The standard InChI is InChI=1S/C18H23N5/c1-14-11-20-23(13-14)16(3)15(2)19-12-17-9-10-22(21-17)18-7-5-4-6-8-18/h4-11,13,15-16,19H,12H2,1-3H3. The molecule has 0 fully saturated rings. The summed E-state index contributed by atoms with van der Waals surface area (Å²) in [6.45, 7) is 7.15. The van der Waals surface area contributed by atoms with Crippen molar-refractivity contribution < 1.29 is 0 Å². The van der Waals surface area contributed by atoms with Gasteiger partial charge in [0.15, 0.2) is 0 Å². The minimum atomic E-state index is 0.292. The van der Waals surface area contributed by atoms with E-state index in [2.05, 4.69) is 60.7 Å². The van der Waals surface area contributed by atoms with Gasteiger partial charge in [-0.1, -0.05) is 18.2 Å². The highest BCUT2D eigenvalue weighted by Crippen LogP contribution is 2.12. The molecule has 0 spiro atoms. The van der Waals surface area contributed by atoms with Gasteiger partial charge in [0.25, 0.3) is 0 Å². The molecule has 2 heterocycles. The summed E-state index contributed by atoms with van der Waals surface area (Å²) in [5.41, 5.74) is 3.29. The zero-order valence-electron chi connectivity index (χ0n) is 13.8. The molecule has 0 bridgehead atoms. The van der Waals surface area contributed by atoms with Crippen molar-refractivity contribution in [2.24, 2.45) is 0 Å². The smallest absolute Gasteiger partial charge is 0.0766 e. The molecule has 2 atom stereocenters. The Labute approximate surface area is 136 Å². The van der Waals surface area contributed by atoms with E-state index in [0.29, 0.717) is 12.1 Å². The van der Waals surface area contributed by atoms with E-state index >= 15 is 0 Å². The van der Waals surface area contributed by atoms with Gasteiger partial charge in [0.2, 0.25) is 0 Å². The molecule has 120 valence electrons. The van der Waals surface area contributed by atoms with Crippen LogP contribution in [0.15, 0.2) is 55.0 Å². The van der Waals surface area contributed by atoms with Crippen LogP contribution in [0, 0.1) is 6.92 Å². The van der Waals surface area contributed by atoms with Gasteiger partial charge in [-0.05, 0) is 44.5 Å². The van der Waals surface area contributed by atoms with Crippen molar-refractivity contribution in [3.05, 3.63) is 66.2 Å². The lowest BCUT2D eigenvalue weighted by atomic mass is 10.1. The molecular weight excluding hydrogens is 286 g/mol. The van der Waals surface area contributed by atoms with Gasteiger partial charge >= 0.3 is 0 Å². The molecule has 5 nitrogen and oxygen atoms in total. The highest BCUT2D eigenvalue weighted by molar-refractivity contribution is 5.30. The number of benzene rings is 1.